The molecule has 1 aliphatic rings. The topological polar surface area (TPSA) is 40.9 Å². The number of rotatable bonds is 3. The number of fused-ring (bicyclic) bond motifs is 1. The minimum atomic E-state index is 0.173. The first kappa shape index (κ1) is 16.1. The zero-order chi connectivity index (χ0) is 17.4. The van der Waals surface area contributed by atoms with Crippen LogP contribution in [0, 0.1) is 13.8 Å². The van der Waals surface area contributed by atoms with Gasteiger partial charge in [-0.15, -0.1) is 11.3 Å². The van der Waals surface area contributed by atoms with Gasteiger partial charge in [0.2, 0.25) is 5.91 Å². The number of imidazole rings is 1. The number of carbonyl (C=O) groups excluding carboxylic acids is 1. The number of aromatic nitrogens is 2. The molecule has 4 rings (SSSR count). The first-order valence-corrected chi connectivity index (χ1v) is 9.50. The van der Waals surface area contributed by atoms with Gasteiger partial charge in [-0.1, -0.05) is 12.1 Å². The lowest BCUT2D eigenvalue weighted by Crippen LogP contribution is -2.49. The molecule has 0 saturated carbocycles. The summed E-state index contributed by atoms with van der Waals surface area (Å²) in [5.74, 6) is 0.173. The molecular weight excluding hydrogens is 332 g/mol. The molecule has 0 aliphatic carbocycles. The third-order valence-corrected chi connectivity index (χ3v) is 5.80. The number of piperazine rings is 1. The predicted octanol–water partition coefficient (Wildman–Crippen LogP) is 2.90. The molecule has 0 N–H and O–H groups in total. The number of aryl methyl sites for hydroxylation is 1. The van der Waals surface area contributed by atoms with Gasteiger partial charge in [-0.2, -0.15) is 0 Å². The summed E-state index contributed by atoms with van der Waals surface area (Å²) in [6.45, 7) is 7.63. The van der Waals surface area contributed by atoms with Crippen molar-refractivity contribution in [3.05, 3.63) is 52.8 Å². The van der Waals surface area contributed by atoms with Gasteiger partial charge in [-0.05, 0) is 31.0 Å². The number of benzene rings is 1. The van der Waals surface area contributed by atoms with Crippen LogP contribution in [0.3, 0.4) is 0 Å². The van der Waals surface area contributed by atoms with Gasteiger partial charge in [0.15, 0.2) is 4.96 Å². The van der Waals surface area contributed by atoms with Crippen molar-refractivity contribution >= 4 is 27.9 Å². The van der Waals surface area contributed by atoms with Crippen molar-refractivity contribution in [2.75, 3.05) is 31.1 Å². The van der Waals surface area contributed by atoms with Gasteiger partial charge in [0.05, 0.1) is 12.1 Å². The molecule has 1 aliphatic heterocycles. The Bertz CT molecular complexity index is 877. The summed E-state index contributed by atoms with van der Waals surface area (Å²) in [4.78, 5) is 22.4. The van der Waals surface area contributed by atoms with E-state index in [9.17, 15) is 4.79 Å². The number of thiazole rings is 1. The van der Waals surface area contributed by atoms with E-state index in [1.165, 1.54) is 16.8 Å². The third-order valence-electron chi connectivity index (χ3n) is 5.02. The summed E-state index contributed by atoms with van der Waals surface area (Å²) in [6.07, 6.45) is 4.32. The molecule has 1 saturated heterocycles. The second-order valence-electron chi connectivity index (χ2n) is 6.59. The monoisotopic (exact) mass is 354 g/mol. The Morgan fingerprint density at radius 1 is 1.20 bits per heavy atom. The zero-order valence-electron chi connectivity index (χ0n) is 14.6. The Labute approximate surface area is 151 Å². The van der Waals surface area contributed by atoms with Gasteiger partial charge in [-0.25, -0.2) is 4.98 Å². The van der Waals surface area contributed by atoms with E-state index in [0.29, 0.717) is 6.42 Å². The summed E-state index contributed by atoms with van der Waals surface area (Å²) < 4.78 is 1.98. The quantitative estimate of drug-likeness (QED) is 0.726. The fourth-order valence-corrected chi connectivity index (χ4v) is 4.12. The fourth-order valence-electron chi connectivity index (χ4n) is 3.40. The van der Waals surface area contributed by atoms with Gasteiger partial charge in [-0.3, -0.25) is 9.20 Å². The smallest absolute Gasteiger partial charge is 0.228 e. The van der Waals surface area contributed by atoms with E-state index in [1.807, 2.05) is 27.1 Å². The first-order valence-electron chi connectivity index (χ1n) is 8.62. The number of amides is 1. The molecule has 2 aromatic heterocycles. The molecule has 6 heteroatoms. The van der Waals surface area contributed by atoms with Crippen LogP contribution in [0.1, 0.15) is 16.8 Å². The van der Waals surface area contributed by atoms with E-state index in [2.05, 4.69) is 41.9 Å². The summed E-state index contributed by atoms with van der Waals surface area (Å²) in [7, 11) is 0. The van der Waals surface area contributed by atoms with Crippen molar-refractivity contribution in [2.45, 2.75) is 20.3 Å². The normalized spacial score (nSPS) is 15.1. The van der Waals surface area contributed by atoms with Crippen LogP contribution in [-0.2, 0) is 11.2 Å². The molecule has 3 aromatic rings. The molecule has 25 heavy (non-hydrogen) atoms. The van der Waals surface area contributed by atoms with Crippen molar-refractivity contribution < 1.29 is 4.79 Å². The van der Waals surface area contributed by atoms with Crippen LogP contribution < -0.4 is 4.90 Å². The van der Waals surface area contributed by atoms with Crippen LogP contribution >= 0.6 is 11.3 Å². The SMILES string of the molecule is Cc1cccc(N2CCN(C(=O)Cc3cn4ccsc4n3)CC2)c1C. The Kier molecular flexibility index (Phi) is 4.21. The second kappa shape index (κ2) is 6.52. The van der Waals surface area contributed by atoms with Crippen LogP contribution in [0.5, 0.6) is 0 Å². The number of hydrogen-bond acceptors (Lipinski definition) is 4. The maximum Gasteiger partial charge on any atom is 0.228 e. The molecule has 1 amide bonds. The molecule has 5 nitrogen and oxygen atoms in total. The van der Waals surface area contributed by atoms with Gasteiger partial charge in [0.25, 0.3) is 0 Å². The Hall–Kier alpha value is -2.34. The lowest BCUT2D eigenvalue weighted by Gasteiger charge is -2.37. The van der Waals surface area contributed by atoms with Gasteiger partial charge in [0.1, 0.15) is 0 Å². The average Bonchev–Trinajstić information content (AvgIpc) is 3.19. The molecule has 0 spiro atoms. The van der Waals surface area contributed by atoms with Crippen LogP contribution in [-0.4, -0.2) is 46.4 Å². The van der Waals surface area contributed by atoms with E-state index in [0.717, 1.165) is 36.8 Å². The van der Waals surface area contributed by atoms with E-state index >= 15 is 0 Å². The lowest BCUT2D eigenvalue weighted by atomic mass is 10.1. The predicted molar refractivity (Wildman–Crippen MR) is 101 cm³/mol. The Morgan fingerprint density at radius 3 is 2.76 bits per heavy atom. The van der Waals surface area contributed by atoms with Crippen LogP contribution in [0.15, 0.2) is 36.0 Å². The molecule has 0 unspecified atom stereocenters. The van der Waals surface area contributed by atoms with Crippen molar-refractivity contribution in [1.82, 2.24) is 14.3 Å². The molecule has 1 fully saturated rings. The van der Waals surface area contributed by atoms with Crippen molar-refractivity contribution in [2.24, 2.45) is 0 Å². The number of anilines is 1. The average molecular weight is 354 g/mol. The highest BCUT2D eigenvalue weighted by Gasteiger charge is 2.23. The maximum absolute atomic E-state index is 12.6. The fraction of sp³-hybridized carbons (Fsp3) is 0.368. The van der Waals surface area contributed by atoms with Gasteiger partial charge < -0.3 is 9.80 Å². The molecule has 0 radical (unpaired) electrons. The minimum Gasteiger partial charge on any atom is -0.368 e. The van der Waals surface area contributed by atoms with Crippen LogP contribution in [0.2, 0.25) is 0 Å². The summed E-state index contributed by atoms with van der Waals surface area (Å²) in [5, 5.41) is 2.00. The standard InChI is InChI=1S/C19H22N4OS/c1-14-4-3-5-17(15(14)2)21-6-8-22(9-7-21)18(24)12-16-13-23-10-11-25-19(23)20-16/h3-5,10-11,13H,6-9,12H2,1-2H3. The van der Waals surface area contributed by atoms with Crippen molar-refractivity contribution in [3.8, 4) is 0 Å². The maximum atomic E-state index is 12.6. The highest BCUT2D eigenvalue weighted by molar-refractivity contribution is 7.15. The highest BCUT2D eigenvalue weighted by Crippen LogP contribution is 2.24. The molecular formula is C19H22N4OS. The summed E-state index contributed by atoms with van der Waals surface area (Å²) in [6, 6.07) is 6.44. The molecule has 0 atom stereocenters. The third kappa shape index (κ3) is 3.14. The summed E-state index contributed by atoms with van der Waals surface area (Å²) >= 11 is 1.59. The van der Waals surface area contributed by atoms with Crippen molar-refractivity contribution in [3.63, 3.8) is 0 Å². The van der Waals surface area contributed by atoms with E-state index in [1.54, 1.807) is 11.3 Å². The minimum absolute atomic E-state index is 0.173. The largest absolute Gasteiger partial charge is 0.368 e. The van der Waals surface area contributed by atoms with E-state index in [4.69, 9.17) is 0 Å². The Balaban J connectivity index is 1.38. The zero-order valence-corrected chi connectivity index (χ0v) is 15.4. The number of hydrogen-bond donors (Lipinski definition) is 0. The van der Waals surface area contributed by atoms with E-state index < -0.39 is 0 Å². The van der Waals surface area contributed by atoms with Crippen LogP contribution in [0.4, 0.5) is 5.69 Å². The van der Waals surface area contributed by atoms with E-state index in [-0.39, 0.29) is 5.91 Å². The first-order chi connectivity index (χ1) is 12.1. The molecule has 3 heterocycles. The second-order valence-corrected chi connectivity index (χ2v) is 7.46. The van der Waals surface area contributed by atoms with Crippen molar-refractivity contribution in [1.29, 1.82) is 0 Å². The summed E-state index contributed by atoms with van der Waals surface area (Å²) in [5.41, 5.74) is 4.80. The Morgan fingerprint density at radius 2 is 2.00 bits per heavy atom. The van der Waals surface area contributed by atoms with Crippen LogP contribution in [0.25, 0.3) is 4.96 Å². The molecule has 0 bridgehead atoms. The number of nitrogens with zero attached hydrogens (tertiary/aromatic N) is 4. The highest BCUT2D eigenvalue weighted by atomic mass is 32.1. The van der Waals surface area contributed by atoms with Gasteiger partial charge >= 0.3 is 0 Å². The molecule has 130 valence electrons. The van der Waals surface area contributed by atoms with Gasteiger partial charge in [0, 0.05) is 49.6 Å². The number of carbonyl (C=O) groups is 1. The molecule has 1 aromatic carbocycles. The lowest BCUT2D eigenvalue weighted by molar-refractivity contribution is -0.130.